The highest BCUT2D eigenvalue weighted by Crippen LogP contribution is 2.54. The number of anilines is 2. The number of aliphatic hydroxyl groups is 1. The van der Waals surface area contributed by atoms with Crippen molar-refractivity contribution in [1.29, 1.82) is 0 Å². The van der Waals surface area contributed by atoms with Gasteiger partial charge in [0.1, 0.15) is 11.4 Å². The average molecular weight is 527 g/mol. The molecule has 1 atom stereocenters. The van der Waals surface area contributed by atoms with Gasteiger partial charge in [0.25, 0.3) is 5.91 Å². The van der Waals surface area contributed by atoms with E-state index in [0.717, 1.165) is 0 Å². The molecule has 0 aliphatic carbocycles. The lowest BCUT2D eigenvalue weighted by Crippen LogP contribution is -2.58. The summed E-state index contributed by atoms with van der Waals surface area (Å²) >= 11 is 7.34. The molecule has 1 fully saturated rings. The van der Waals surface area contributed by atoms with Gasteiger partial charge in [-0.05, 0) is 23.8 Å². The summed E-state index contributed by atoms with van der Waals surface area (Å²) in [4.78, 5) is 24.7. The number of amides is 1. The van der Waals surface area contributed by atoms with Crippen molar-refractivity contribution in [3.8, 4) is 10.6 Å². The van der Waals surface area contributed by atoms with Crippen LogP contribution in [0.1, 0.15) is 26.8 Å². The third-order valence-corrected chi connectivity index (χ3v) is 8.13. The number of fused-ring (bicyclic) bond motifs is 2. The van der Waals surface area contributed by atoms with Gasteiger partial charge < -0.3 is 20.1 Å². The molecule has 1 aromatic carbocycles. The number of nitrogens with zero attached hydrogens (tertiary/aromatic N) is 5. The molecule has 2 N–H and O–H groups in total. The molecule has 1 spiro atoms. The summed E-state index contributed by atoms with van der Waals surface area (Å²) in [5.74, 6) is -0.176. The lowest BCUT2D eigenvalue weighted by atomic mass is 9.92. The van der Waals surface area contributed by atoms with Crippen LogP contribution in [0.25, 0.3) is 10.6 Å². The van der Waals surface area contributed by atoms with Gasteiger partial charge in [0.15, 0.2) is 5.82 Å². The van der Waals surface area contributed by atoms with Crippen LogP contribution in [0.4, 0.5) is 16.2 Å². The van der Waals surface area contributed by atoms with Crippen molar-refractivity contribution in [3.63, 3.8) is 0 Å². The van der Waals surface area contributed by atoms with Crippen molar-refractivity contribution in [1.82, 2.24) is 24.6 Å². The van der Waals surface area contributed by atoms with E-state index in [2.05, 4.69) is 20.4 Å². The molecule has 2 aliphatic heterocycles. The number of thiophene rings is 1. The zero-order valence-corrected chi connectivity index (χ0v) is 20.6. The smallest absolute Gasteiger partial charge is 0.259 e. The third kappa shape index (κ3) is 3.42. The summed E-state index contributed by atoms with van der Waals surface area (Å²) in [5.41, 5.74) is 0.157. The van der Waals surface area contributed by atoms with Crippen molar-refractivity contribution in [3.05, 3.63) is 75.6 Å². The number of rotatable bonds is 6. The van der Waals surface area contributed by atoms with Gasteiger partial charge in [-0.2, -0.15) is 5.10 Å². The van der Waals surface area contributed by atoms with Crippen LogP contribution >= 0.6 is 22.9 Å². The molecule has 12 heteroatoms. The fourth-order valence-corrected chi connectivity index (χ4v) is 6.23. The fraction of sp³-hybridized carbons (Fsp3) is 0.250. The fourth-order valence-electron chi connectivity index (χ4n) is 4.73. The van der Waals surface area contributed by atoms with Gasteiger partial charge in [-0.1, -0.05) is 23.7 Å². The van der Waals surface area contributed by atoms with Gasteiger partial charge in [0.2, 0.25) is 5.95 Å². The summed E-state index contributed by atoms with van der Waals surface area (Å²) in [7, 11) is 1.77. The Bertz CT molecular complexity index is 1490. The van der Waals surface area contributed by atoms with Gasteiger partial charge in [-0.25, -0.2) is 14.4 Å². The lowest BCUT2D eigenvalue weighted by molar-refractivity contribution is -0.139. The minimum Gasteiger partial charge on any atom is -0.394 e. The first-order valence-electron chi connectivity index (χ1n) is 11.1. The van der Waals surface area contributed by atoms with E-state index in [1.807, 2.05) is 0 Å². The first-order valence-corrected chi connectivity index (χ1v) is 12.3. The highest BCUT2D eigenvalue weighted by molar-refractivity contribution is 7.16. The van der Waals surface area contributed by atoms with Crippen LogP contribution in [-0.4, -0.2) is 55.5 Å². The van der Waals surface area contributed by atoms with Gasteiger partial charge >= 0.3 is 0 Å². The number of aryl methyl sites for hydroxylation is 1. The molecule has 0 bridgehead atoms. The molecule has 1 saturated heterocycles. The maximum atomic E-state index is 15.9. The Hall–Kier alpha value is -3.38. The Labute approximate surface area is 214 Å². The maximum absolute atomic E-state index is 15.9. The summed E-state index contributed by atoms with van der Waals surface area (Å²) in [6.45, 7) is 0.0741. The Morgan fingerprint density at radius 2 is 2.14 bits per heavy atom. The first kappa shape index (κ1) is 23.0. The average Bonchev–Trinajstić information content (AvgIpc) is 3.48. The van der Waals surface area contributed by atoms with E-state index < -0.39 is 23.3 Å². The molecule has 0 radical (unpaired) electrons. The van der Waals surface area contributed by atoms with Crippen LogP contribution in [0.2, 0.25) is 5.02 Å². The number of nitrogens with one attached hydrogen (secondary N) is 1. The van der Waals surface area contributed by atoms with Gasteiger partial charge in [-0.15, -0.1) is 11.3 Å². The Balaban J connectivity index is 1.39. The molecule has 6 rings (SSSR count). The van der Waals surface area contributed by atoms with Gasteiger partial charge in [-0.3, -0.25) is 9.48 Å². The quantitative estimate of drug-likeness (QED) is 0.392. The number of hydrogen-bond donors (Lipinski definition) is 2. The number of benzene rings is 1. The summed E-state index contributed by atoms with van der Waals surface area (Å²) in [6, 6.07) is 9.64. The van der Waals surface area contributed by atoms with Crippen molar-refractivity contribution in [2.24, 2.45) is 7.05 Å². The van der Waals surface area contributed by atoms with Crippen molar-refractivity contribution in [2.75, 3.05) is 25.1 Å². The van der Waals surface area contributed by atoms with E-state index in [4.69, 9.17) is 16.3 Å². The van der Waals surface area contributed by atoms with Crippen LogP contribution < -0.4 is 5.32 Å². The largest absolute Gasteiger partial charge is 0.394 e. The highest BCUT2D eigenvalue weighted by atomic mass is 35.5. The minimum absolute atomic E-state index is 0.00136. The zero-order valence-electron chi connectivity index (χ0n) is 19.0. The molecule has 36 heavy (non-hydrogen) atoms. The normalized spacial score (nSPS) is 16.8. The molecular formula is C24H20ClFN6O3S. The summed E-state index contributed by atoms with van der Waals surface area (Å²) < 4.78 is 23.1. The second-order valence-corrected chi connectivity index (χ2v) is 10.1. The van der Waals surface area contributed by atoms with E-state index in [0.29, 0.717) is 27.0 Å². The van der Waals surface area contributed by atoms with Crippen molar-refractivity contribution >= 4 is 40.6 Å². The van der Waals surface area contributed by atoms with Gasteiger partial charge in [0, 0.05) is 24.3 Å². The minimum atomic E-state index is -0.866. The number of carbonyl (C=O) groups is 1. The van der Waals surface area contributed by atoms with Crippen LogP contribution in [0.3, 0.4) is 0 Å². The summed E-state index contributed by atoms with van der Waals surface area (Å²) in [6.07, 6.45) is 3.17. The number of hydrogen-bond acceptors (Lipinski definition) is 8. The number of halogens is 2. The van der Waals surface area contributed by atoms with E-state index >= 15 is 4.39 Å². The molecule has 0 unspecified atom stereocenters. The molecule has 0 saturated carbocycles. The Morgan fingerprint density at radius 1 is 1.31 bits per heavy atom. The number of carbonyl (C=O) groups excluding carboxylic acids is 1. The van der Waals surface area contributed by atoms with Crippen molar-refractivity contribution in [2.45, 2.75) is 11.6 Å². The number of aliphatic hydroxyl groups excluding tert-OH is 1. The van der Waals surface area contributed by atoms with E-state index in [1.165, 1.54) is 17.5 Å². The molecule has 3 aromatic heterocycles. The number of aromatic nitrogens is 4. The van der Waals surface area contributed by atoms with Crippen LogP contribution in [0, 0.1) is 5.82 Å². The number of ether oxygens (including phenoxy) is 1. The lowest BCUT2D eigenvalue weighted by Gasteiger charge is -2.48. The summed E-state index contributed by atoms with van der Waals surface area (Å²) in [5, 5.41) is 17.9. The van der Waals surface area contributed by atoms with Crippen LogP contribution in [0.5, 0.6) is 0 Å². The zero-order chi connectivity index (χ0) is 25.0. The third-order valence-electron chi connectivity index (χ3n) is 6.52. The van der Waals surface area contributed by atoms with Crippen LogP contribution in [-0.2, 0) is 17.3 Å². The Morgan fingerprint density at radius 3 is 2.81 bits per heavy atom. The molecule has 5 heterocycles. The van der Waals surface area contributed by atoms with Crippen LogP contribution in [0.15, 0.2) is 48.8 Å². The van der Waals surface area contributed by atoms with Crippen molar-refractivity contribution < 1.29 is 19.0 Å². The van der Waals surface area contributed by atoms with Gasteiger partial charge in [0.05, 0.1) is 53.1 Å². The predicted octanol–water partition coefficient (Wildman–Crippen LogP) is 3.89. The van der Waals surface area contributed by atoms with E-state index in [1.54, 1.807) is 59.2 Å². The van der Waals surface area contributed by atoms with E-state index in [9.17, 15) is 9.90 Å². The Kier molecular flexibility index (Phi) is 5.52. The second kappa shape index (κ2) is 8.63. The molecule has 9 nitrogen and oxygen atoms in total. The predicted molar refractivity (Wildman–Crippen MR) is 132 cm³/mol. The standard InChI is InChI=1S/C24H20ClFN6O3S/c1-31-17(6-8-28-31)30-23-27-7-5-15(29-23)20-19(26)18-21(36-20)24(11-35-12-24)32(22(18)34)16(10-33)13-3-2-4-14(25)9-13/h2-9,16,33H,10-12H2,1H3,(H,27,29,30)/t16-/m1/s1. The van der Waals surface area contributed by atoms with E-state index in [-0.39, 0.29) is 36.2 Å². The molecule has 184 valence electrons. The molecule has 4 aromatic rings. The molecule has 2 aliphatic rings. The highest BCUT2D eigenvalue weighted by Gasteiger charge is 2.60. The first-order chi connectivity index (χ1) is 17.4. The molecular weight excluding hydrogens is 507 g/mol. The molecule has 1 amide bonds. The maximum Gasteiger partial charge on any atom is 0.259 e. The second-order valence-electron chi connectivity index (χ2n) is 8.63. The SMILES string of the molecule is Cn1nccc1Nc1nccc(-c2sc3c(c2F)C(=O)N([C@H](CO)c2cccc(Cl)c2)C32COC2)n1. The topological polar surface area (TPSA) is 105 Å². The monoisotopic (exact) mass is 526 g/mol.